The molecule has 0 spiro atoms. The van der Waals surface area contributed by atoms with Crippen molar-refractivity contribution in [1.82, 2.24) is 0 Å². The van der Waals surface area contributed by atoms with Crippen LogP contribution in [-0.2, 0) is 14.4 Å². The number of carbonyl (C=O) groups excluding carboxylic acids is 3. The summed E-state index contributed by atoms with van der Waals surface area (Å²) >= 11 is 4.44. The Labute approximate surface area is 162 Å². The molecule has 0 saturated carbocycles. The second-order valence-electron chi connectivity index (χ2n) is 5.60. The molecule has 1 saturated heterocycles. The monoisotopic (exact) mass is 436 g/mol. The molecule has 1 fully saturated rings. The van der Waals surface area contributed by atoms with E-state index in [1.54, 1.807) is 12.1 Å². The Morgan fingerprint density at radius 1 is 1.15 bits per heavy atom. The van der Waals surface area contributed by atoms with Gasteiger partial charge in [0, 0.05) is 16.6 Å². The molecule has 1 aliphatic rings. The number of nitrogens with one attached hydrogen (secondary N) is 1. The fourth-order valence-corrected chi connectivity index (χ4v) is 3.70. The summed E-state index contributed by atoms with van der Waals surface area (Å²) < 4.78 is 13.9. The number of imide groups is 1. The number of rotatable bonds is 5. The summed E-state index contributed by atoms with van der Waals surface area (Å²) in [6, 6.07) is 12.3. The lowest BCUT2D eigenvalue weighted by molar-refractivity contribution is -0.121. The molecule has 0 bridgehead atoms. The van der Waals surface area contributed by atoms with Crippen molar-refractivity contribution in [1.29, 1.82) is 0 Å². The van der Waals surface area contributed by atoms with Crippen LogP contribution in [0.4, 0.5) is 15.8 Å². The van der Waals surface area contributed by atoms with Gasteiger partial charge in [-0.3, -0.25) is 14.4 Å². The molecular weight excluding hydrogens is 423 g/mol. The topological polar surface area (TPSA) is 66.5 Å². The van der Waals surface area contributed by atoms with Crippen molar-refractivity contribution in [3.63, 3.8) is 0 Å². The lowest BCUT2D eigenvalue weighted by Crippen LogP contribution is -2.31. The highest BCUT2D eigenvalue weighted by atomic mass is 79.9. The van der Waals surface area contributed by atoms with Gasteiger partial charge in [-0.25, -0.2) is 9.29 Å². The molecule has 1 N–H and O–H groups in total. The third-order valence-corrected chi connectivity index (χ3v) is 5.46. The predicted molar refractivity (Wildman–Crippen MR) is 103 cm³/mol. The van der Waals surface area contributed by atoms with Gasteiger partial charge in [0.2, 0.25) is 17.7 Å². The fourth-order valence-electron chi connectivity index (χ4n) is 2.50. The molecule has 2 aromatic rings. The minimum atomic E-state index is -0.622. The smallest absolute Gasteiger partial charge is 0.247 e. The van der Waals surface area contributed by atoms with Gasteiger partial charge in [-0.15, -0.1) is 11.8 Å². The standard InChI is InChI=1S/C18H14BrFN2O3S/c19-11-1-5-13(6-2-11)21-16(23)10-26-15-9-17(24)22(18(15)25)14-7-3-12(20)4-8-14/h1-8,15H,9-10H2,(H,21,23). The number of anilines is 2. The van der Waals surface area contributed by atoms with Crippen LogP contribution < -0.4 is 10.2 Å². The van der Waals surface area contributed by atoms with Gasteiger partial charge < -0.3 is 5.32 Å². The van der Waals surface area contributed by atoms with E-state index in [9.17, 15) is 18.8 Å². The van der Waals surface area contributed by atoms with Gasteiger partial charge in [0.05, 0.1) is 16.7 Å². The molecule has 0 radical (unpaired) electrons. The molecular formula is C18H14BrFN2O3S. The normalized spacial score (nSPS) is 16.8. The van der Waals surface area contributed by atoms with Crippen LogP contribution in [0.1, 0.15) is 6.42 Å². The van der Waals surface area contributed by atoms with Crippen LogP contribution in [0.25, 0.3) is 0 Å². The van der Waals surface area contributed by atoms with E-state index in [0.29, 0.717) is 11.4 Å². The van der Waals surface area contributed by atoms with Crippen LogP contribution in [-0.4, -0.2) is 28.7 Å². The number of hydrogen-bond donors (Lipinski definition) is 1. The summed E-state index contributed by atoms with van der Waals surface area (Å²) in [4.78, 5) is 37.7. The Balaban J connectivity index is 1.57. The number of thioether (sulfide) groups is 1. The van der Waals surface area contributed by atoms with Gasteiger partial charge in [0.1, 0.15) is 5.82 Å². The highest BCUT2D eigenvalue weighted by Crippen LogP contribution is 2.29. The molecule has 5 nitrogen and oxygen atoms in total. The molecule has 3 rings (SSSR count). The number of amides is 3. The largest absolute Gasteiger partial charge is 0.325 e. The first kappa shape index (κ1) is 18.6. The quantitative estimate of drug-likeness (QED) is 0.727. The Hall–Kier alpha value is -2.19. The third-order valence-electron chi connectivity index (χ3n) is 3.73. The van der Waals surface area contributed by atoms with E-state index >= 15 is 0 Å². The highest BCUT2D eigenvalue weighted by Gasteiger charge is 2.40. The van der Waals surface area contributed by atoms with E-state index in [1.807, 2.05) is 12.1 Å². The van der Waals surface area contributed by atoms with Crippen LogP contribution in [0.2, 0.25) is 0 Å². The summed E-state index contributed by atoms with van der Waals surface area (Å²) in [5.74, 6) is -1.38. The SMILES string of the molecule is O=C(CSC1CC(=O)N(c2ccc(F)cc2)C1=O)Nc1ccc(Br)cc1. The average Bonchev–Trinajstić information content (AvgIpc) is 2.90. The maximum Gasteiger partial charge on any atom is 0.247 e. The summed E-state index contributed by atoms with van der Waals surface area (Å²) in [5.41, 5.74) is 0.990. The van der Waals surface area contributed by atoms with Crippen LogP contribution in [0.15, 0.2) is 53.0 Å². The molecule has 1 heterocycles. The molecule has 2 aromatic carbocycles. The maximum atomic E-state index is 13.0. The number of halogens is 2. The Bertz CT molecular complexity index is 843. The molecule has 3 amide bonds. The second kappa shape index (κ2) is 8.01. The van der Waals surface area contributed by atoms with Gasteiger partial charge in [0.25, 0.3) is 0 Å². The van der Waals surface area contributed by atoms with E-state index in [0.717, 1.165) is 21.1 Å². The molecule has 1 aliphatic heterocycles. The molecule has 8 heteroatoms. The summed E-state index contributed by atoms with van der Waals surface area (Å²) in [6.07, 6.45) is 0.0203. The van der Waals surface area contributed by atoms with Crippen molar-refractivity contribution in [2.75, 3.05) is 16.0 Å². The van der Waals surface area contributed by atoms with Gasteiger partial charge in [-0.05, 0) is 48.5 Å². The molecule has 1 unspecified atom stereocenters. The minimum Gasteiger partial charge on any atom is -0.325 e. The van der Waals surface area contributed by atoms with Gasteiger partial charge in [0.15, 0.2) is 0 Å². The molecule has 134 valence electrons. The van der Waals surface area contributed by atoms with Crippen LogP contribution in [0, 0.1) is 5.82 Å². The Morgan fingerprint density at radius 2 is 1.81 bits per heavy atom. The van der Waals surface area contributed by atoms with Crippen molar-refractivity contribution < 1.29 is 18.8 Å². The number of benzene rings is 2. The predicted octanol–water partition coefficient (Wildman–Crippen LogP) is 3.59. The van der Waals surface area contributed by atoms with Crippen LogP contribution >= 0.6 is 27.7 Å². The molecule has 26 heavy (non-hydrogen) atoms. The van der Waals surface area contributed by atoms with Gasteiger partial charge in [-0.2, -0.15) is 0 Å². The van der Waals surface area contributed by atoms with Gasteiger partial charge in [-0.1, -0.05) is 15.9 Å². The van der Waals surface area contributed by atoms with E-state index in [-0.39, 0.29) is 29.9 Å². The van der Waals surface area contributed by atoms with Crippen molar-refractivity contribution in [2.24, 2.45) is 0 Å². The Kier molecular flexibility index (Phi) is 5.73. The van der Waals surface area contributed by atoms with Crippen LogP contribution in [0.5, 0.6) is 0 Å². The highest BCUT2D eigenvalue weighted by molar-refractivity contribution is 9.10. The molecule has 0 aliphatic carbocycles. The van der Waals surface area contributed by atoms with Crippen molar-refractivity contribution in [2.45, 2.75) is 11.7 Å². The first-order valence-electron chi connectivity index (χ1n) is 7.73. The van der Waals surface area contributed by atoms with E-state index in [1.165, 1.54) is 24.3 Å². The first-order valence-corrected chi connectivity index (χ1v) is 9.57. The Morgan fingerprint density at radius 3 is 2.46 bits per heavy atom. The first-order chi connectivity index (χ1) is 12.4. The summed E-state index contributed by atoms with van der Waals surface area (Å²) in [5, 5.41) is 2.11. The lowest BCUT2D eigenvalue weighted by atomic mass is 10.3. The van der Waals surface area contributed by atoms with Crippen molar-refractivity contribution in [3.8, 4) is 0 Å². The minimum absolute atomic E-state index is 0.0203. The van der Waals surface area contributed by atoms with E-state index < -0.39 is 11.1 Å². The molecule has 1 atom stereocenters. The van der Waals surface area contributed by atoms with E-state index in [4.69, 9.17) is 0 Å². The fraction of sp³-hybridized carbons (Fsp3) is 0.167. The number of hydrogen-bond acceptors (Lipinski definition) is 4. The zero-order valence-corrected chi connectivity index (χ0v) is 15.8. The van der Waals surface area contributed by atoms with E-state index in [2.05, 4.69) is 21.2 Å². The molecule has 0 aromatic heterocycles. The summed E-state index contributed by atoms with van der Waals surface area (Å²) in [7, 11) is 0. The summed E-state index contributed by atoms with van der Waals surface area (Å²) in [6.45, 7) is 0. The van der Waals surface area contributed by atoms with Crippen LogP contribution in [0.3, 0.4) is 0 Å². The van der Waals surface area contributed by atoms with Crippen molar-refractivity contribution >= 4 is 56.8 Å². The van der Waals surface area contributed by atoms with Gasteiger partial charge >= 0.3 is 0 Å². The van der Waals surface area contributed by atoms with Crippen molar-refractivity contribution in [3.05, 3.63) is 58.8 Å². The second-order valence-corrected chi connectivity index (χ2v) is 7.71. The number of nitrogens with zero attached hydrogens (tertiary/aromatic N) is 1. The third kappa shape index (κ3) is 4.31. The zero-order valence-electron chi connectivity index (χ0n) is 13.4. The maximum absolute atomic E-state index is 13.0. The number of carbonyl (C=O) groups is 3. The lowest BCUT2D eigenvalue weighted by Gasteiger charge is -2.14. The average molecular weight is 437 g/mol. The zero-order chi connectivity index (χ0) is 18.7.